The summed E-state index contributed by atoms with van der Waals surface area (Å²) in [6.45, 7) is 2.32. The zero-order valence-corrected chi connectivity index (χ0v) is 18.9. The van der Waals surface area contributed by atoms with Crippen LogP contribution in [0.1, 0.15) is 24.1 Å². The Morgan fingerprint density at radius 3 is 2.67 bits per heavy atom. The number of rotatable bonds is 8. The number of ketones is 1. The summed E-state index contributed by atoms with van der Waals surface area (Å²) in [6.07, 6.45) is 4.57. The molecule has 1 atom stereocenters. The van der Waals surface area contributed by atoms with Crippen molar-refractivity contribution in [3.8, 4) is 11.5 Å². The third-order valence-electron chi connectivity index (χ3n) is 5.13. The Bertz CT molecular complexity index is 1220. The number of aliphatic hydroxyl groups excluding tert-OH is 1. The van der Waals surface area contributed by atoms with Gasteiger partial charge in [-0.2, -0.15) is 0 Å². The summed E-state index contributed by atoms with van der Waals surface area (Å²) in [6, 6.07) is 13.6. The number of aliphatic hydroxyl groups is 1. The van der Waals surface area contributed by atoms with Gasteiger partial charge in [0.1, 0.15) is 0 Å². The second-order valence-electron chi connectivity index (χ2n) is 7.11. The first kappa shape index (κ1) is 22.3. The quantitative estimate of drug-likeness (QED) is 0.487. The predicted octanol–water partition coefficient (Wildman–Crippen LogP) is 4.73. The van der Waals surface area contributed by atoms with E-state index in [9.17, 15) is 14.7 Å². The molecule has 0 radical (unpaired) electrons. The van der Waals surface area contributed by atoms with Gasteiger partial charge in [0, 0.05) is 11.6 Å². The third kappa shape index (κ3) is 4.38. The Balaban J connectivity index is 1.79. The molecule has 1 aliphatic rings. The van der Waals surface area contributed by atoms with Crippen molar-refractivity contribution in [1.82, 2.24) is 4.98 Å². The van der Waals surface area contributed by atoms with E-state index in [1.807, 2.05) is 37.3 Å². The van der Waals surface area contributed by atoms with Gasteiger partial charge in [-0.05, 0) is 36.3 Å². The summed E-state index contributed by atoms with van der Waals surface area (Å²) >= 11 is 1.24. The lowest BCUT2D eigenvalue weighted by Gasteiger charge is -2.25. The van der Waals surface area contributed by atoms with Crippen LogP contribution < -0.4 is 14.4 Å². The molecule has 8 heteroatoms. The van der Waals surface area contributed by atoms with E-state index in [1.54, 1.807) is 35.9 Å². The van der Waals surface area contributed by atoms with E-state index in [0.717, 1.165) is 5.56 Å². The molecule has 2 aromatic carbocycles. The molecular formula is C25H22N2O5S. The first-order chi connectivity index (χ1) is 16.0. The molecule has 0 fully saturated rings. The number of allylic oxidation sites excluding steroid dienone is 1. The van der Waals surface area contributed by atoms with Gasteiger partial charge in [-0.3, -0.25) is 14.5 Å². The van der Waals surface area contributed by atoms with Gasteiger partial charge in [-0.15, -0.1) is 11.3 Å². The molecule has 1 aliphatic heterocycles. The number of amides is 1. The molecule has 4 rings (SSSR count). The minimum absolute atomic E-state index is 0.0198. The molecule has 3 aromatic rings. The van der Waals surface area contributed by atoms with Gasteiger partial charge in [0.15, 0.2) is 28.2 Å². The third-order valence-corrected chi connectivity index (χ3v) is 5.90. The van der Waals surface area contributed by atoms with Crippen LogP contribution in [0.25, 0.3) is 6.08 Å². The van der Waals surface area contributed by atoms with Crippen molar-refractivity contribution in [2.24, 2.45) is 0 Å². The van der Waals surface area contributed by atoms with Crippen molar-refractivity contribution in [2.75, 3.05) is 18.6 Å². The Morgan fingerprint density at radius 1 is 1.21 bits per heavy atom. The lowest BCUT2D eigenvalue weighted by atomic mass is 9.95. The monoisotopic (exact) mass is 462 g/mol. The number of methoxy groups -OCH3 is 1. The molecule has 0 saturated carbocycles. The Hall–Kier alpha value is -3.91. The standard InChI is InChI=1S/C25H22N2O5S/c1-3-32-19-12-10-17(15-20(19)31-2)22-21(18(28)11-9-16-7-5-4-6-8-16)23(29)24(30)27(22)25-26-13-14-33-25/h4-15,22,29H,3H2,1-2H3/b11-9+. The number of thiazole rings is 1. The Morgan fingerprint density at radius 2 is 2.00 bits per heavy atom. The highest BCUT2D eigenvalue weighted by atomic mass is 32.1. The first-order valence-corrected chi connectivity index (χ1v) is 11.2. The Labute approximate surface area is 195 Å². The van der Waals surface area contributed by atoms with E-state index < -0.39 is 23.5 Å². The van der Waals surface area contributed by atoms with Gasteiger partial charge in [0.05, 0.1) is 25.3 Å². The smallest absolute Gasteiger partial charge is 0.296 e. The summed E-state index contributed by atoms with van der Waals surface area (Å²) in [5.74, 6) is -0.746. The number of carbonyl (C=O) groups excluding carboxylic acids is 2. The van der Waals surface area contributed by atoms with Crippen LogP contribution in [0.15, 0.2) is 77.5 Å². The molecule has 0 spiro atoms. The normalized spacial score (nSPS) is 16.0. The molecule has 2 heterocycles. The Kier molecular flexibility index (Phi) is 6.55. The van der Waals surface area contributed by atoms with Crippen molar-refractivity contribution < 1.29 is 24.2 Å². The van der Waals surface area contributed by atoms with Crippen LogP contribution in [0.2, 0.25) is 0 Å². The van der Waals surface area contributed by atoms with Crippen molar-refractivity contribution in [1.29, 1.82) is 0 Å². The maximum absolute atomic E-state index is 13.2. The molecule has 168 valence electrons. The van der Waals surface area contributed by atoms with Crippen LogP contribution in [-0.4, -0.2) is 35.5 Å². The zero-order valence-electron chi connectivity index (χ0n) is 18.1. The van der Waals surface area contributed by atoms with Crippen molar-refractivity contribution in [3.05, 3.63) is 88.6 Å². The number of aromatic nitrogens is 1. The summed E-state index contributed by atoms with van der Waals surface area (Å²) in [5.41, 5.74) is 1.39. The molecule has 1 amide bonds. The number of benzene rings is 2. The van der Waals surface area contributed by atoms with Crippen molar-refractivity contribution in [2.45, 2.75) is 13.0 Å². The van der Waals surface area contributed by atoms with Gasteiger partial charge in [-0.25, -0.2) is 4.98 Å². The predicted molar refractivity (Wildman–Crippen MR) is 127 cm³/mol. The number of ether oxygens (including phenoxy) is 2. The lowest BCUT2D eigenvalue weighted by molar-refractivity contribution is -0.117. The number of anilines is 1. The second-order valence-corrected chi connectivity index (χ2v) is 7.98. The van der Waals surface area contributed by atoms with E-state index in [0.29, 0.717) is 28.8 Å². The van der Waals surface area contributed by atoms with Gasteiger partial charge in [-0.1, -0.05) is 42.5 Å². The van der Waals surface area contributed by atoms with Crippen LogP contribution in [0.4, 0.5) is 5.13 Å². The maximum atomic E-state index is 13.2. The summed E-state index contributed by atoms with van der Waals surface area (Å²) in [7, 11) is 1.52. The highest BCUT2D eigenvalue weighted by Crippen LogP contribution is 2.43. The molecule has 1 aromatic heterocycles. The van der Waals surface area contributed by atoms with Crippen LogP contribution in [0.3, 0.4) is 0 Å². The summed E-state index contributed by atoms with van der Waals surface area (Å²) in [5, 5.41) is 12.8. The number of carbonyl (C=O) groups is 2. The van der Waals surface area contributed by atoms with Crippen LogP contribution >= 0.6 is 11.3 Å². The van der Waals surface area contributed by atoms with Crippen molar-refractivity contribution in [3.63, 3.8) is 0 Å². The molecule has 0 bridgehead atoms. The van der Waals surface area contributed by atoms with Gasteiger partial charge < -0.3 is 14.6 Å². The van der Waals surface area contributed by atoms with E-state index in [4.69, 9.17) is 9.47 Å². The molecule has 7 nitrogen and oxygen atoms in total. The SMILES string of the molecule is CCOc1ccc(C2C(C(=O)/C=C/c3ccccc3)=C(O)C(=O)N2c2nccs2)cc1OC. The van der Waals surface area contributed by atoms with Crippen LogP contribution in [-0.2, 0) is 9.59 Å². The van der Waals surface area contributed by atoms with E-state index in [1.165, 1.54) is 29.4 Å². The highest BCUT2D eigenvalue weighted by Gasteiger charge is 2.45. The van der Waals surface area contributed by atoms with Crippen LogP contribution in [0.5, 0.6) is 11.5 Å². The fourth-order valence-corrected chi connectivity index (χ4v) is 4.33. The van der Waals surface area contributed by atoms with E-state index >= 15 is 0 Å². The largest absolute Gasteiger partial charge is 0.503 e. The highest BCUT2D eigenvalue weighted by molar-refractivity contribution is 7.13. The molecule has 0 saturated heterocycles. The number of hydrogen-bond donors (Lipinski definition) is 1. The lowest BCUT2D eigenvalue weighted by Crippen LogP contribution is -2.30. The van der Waals surface area contributed by atoms with Gasteiger partial charge in [0.25, 0.3) is 5.91 Å². The fraction of sp³-hybridized carbons (Fsp3) is 0.160. The topological polar surface area (TPSA) is 89.0 Å². The molecule has 1 N–H and O–H groups in total. The van der Waals surface area contributed by atoms with Crippen molar-refractivity contribution >= 4 is 34.2 Å². The summed E-state index contributed by atoms with van der Waals surface area (Å²) < 4.78 is 11.1. The zero-order chi connectivity index (χ0) is 23.4. The maximum Gasteiger partial charge on any atom is 0.296 e. The average Bonchev–Trinajstić information content (AvgIpc) is 3.45. The molecule has 33 heavy (non-hydrogen) atoms. The second kappa shape index (κ2) is 9.70. The first-order valence-electron chi connectivity index (χ1n) is 10.3. The van der Waals surface area contributed by atoms with E-state index in [2.05, 4.69) is 4.98 Å². The minimum atomic E-state index is -0.874. The average molecular weight is 463 g/mol. The fourth-order valence-electron chi connectivity index (χ4n) is 3.66. The van der Waals surface area contributed by atoms with Gasteiger partial charge >= 0.3 is 0 Å². The van der Waals surface area contributed by atoms with E-state index in [-0.39, 0.29) is 5.57 Å². The minimum Gasteiger partial charge on any atom is -0.503 e. The molecule has 1 unspecified atom stereocenters. The molecular weight excluding hydrogens is 440 g/mol. The molecule has 0 aliphatic carbocycles. The van der Waals surface area contributed by atoms with Gasteiger partial charge in [0.2, 0.25) is 0 Å². The number of hydrogen-bond acceptors (Lipinski definition) is 7. The number of nitrogens with zero attached hydrogens (tertiary/aromatic N) is 2. The summed E-state index contributed by atoms with van der Waals surface area (Å²) in [4.78, 5) is 31.9. The van der Waals surface area contributed by atoms with Crippen LogP contribution in [0, 0.1) is 0 Å².